The smallest absolute Gasteiger partial charge is 0.188 e. The number of nitrogens with zero attached hydrogens (tertiary/aromatic N) is 3. The minimum Gasteiger partial charge on any atom is -0.370 e. The molecule has 5 nitrogen and oxygen atoms in total. The first-order chi connectivity index (χ1) is 8.63. The summed E-state index contributed by atoms with van der Waals surface area (Å²) in [6.45, 7) is 8.39. The van der Waals surface area contributed by atoms with Crippen molar-refractivity contribution in [2.45, 2.75) is 18.9 Å². The highest BCUT2D eigenvalue weighted by Crippen LogP contribution is 2.13. The van der Waals surface area contributed by atoms with Crippen LogP contribution in [0.1, 0.15) is 12.8 Å². The van der Waals surface area contributed by atoms with E-state index in [0.29, 0.717) is 12.5 Å². The second-order valence-electron chi connectivity index (χ2n) is 4.97. The predicted molar refractivity (Wildman–Crippen MR) is 77.8 cm³/mol. The Kier molecular flexibility index (Phi) is 6.75. The van der Waals surface area contributed by atoms with Gasteiger partial charge < -0.3 is 20.9 Å². The molecular weight excluding hydrogens is 226 g/mol. The summed E-state index contributed by atoms with van der Waals surface area (Å²) in [7, 11) is 4.33. The highest BCUT2D eigenvalue weighted by atomic mass is 15.2. The van der Waals surface area contributed by atoms with E-state index in [9.17, 15) is 0 Å². The van der Waals surface area contributed by atoms with Gasteiger partial charge in [-0.25, -0.2) is 0 Å². The van der Waals surface area contributed by atoms with Gasteiger partial charge in [-0.2, -0.15) is 0 Å². The van der Waals surface area contributed by atoms with Gasteiger partial charge in [0.2, 0.25) is 0 Å². The predicted octanol–water partition coefficient (Wildman–Crippen LogP) is 0.103. The first kappa shape index (κ1) is 15.0. The average Bonchev–Trinajstić information content (AvgIpc) is 2.37. The molecule has 0 aromatic heterocycles. The lowest BCUT2D eigenvalue weighted by Gasteiger charge is -2.34. The Bertz CT molecular complexity index is 267. The molecule has 0 bridgehead atoms. The van der Waals surface area contributed by atoms with E-state index in [4.69, 9.17) is 5.73 Å². The molecule has 0 radical (unpaired) electrons. The second kappa shape index (κ2) is 8.11. The molecule has 1 rings (SSSR count). The molecule has 1 fully saturated rings. The summed E-state index contributed by atoms with van der Waals surface area (Å²) in [5, 5.41) is 2.98. The van der Waals surface area contributed by atoms with Crippen LogP contribution in [0, 0.1) is 0 Å². The van der Waals surface area contributed by atoms with Crippen LogP contribution in [0.15, 0.2) is 17.6 Å². The second-order valence-corrected chi connectivity index (χ2v) is 4.97. The van der Waals surface area contributed by atoms with E-state index >= 15 is 0 Å². The molecule has 1 heterocycles. The number of guanidine groups is 1. The number of aliphatic imine (C=N–C) groups is 1. The van der Waals surface area contributed by atoms with E-state index < -0.39 is 0 Å². The highest BCUT2D eigenvalue weighted by molar-refractivity contribution is 5.77. The maximum absolute atomic E-state index is 5.70. The summed E-state index contributed by atoms with van der Waals surface area (Å²) in [4.78, 5) is 9.08. The summed E-state index contributed by atoms with van der Waals surface area (Å²) in [5.41, 5.74) is 5.70. The maximum atomic E-state index is 5.70. The molecule has 0 aromatic carbocycles. The molecular formula is C13H27N5. The zero-order valence-electron chi connectivity index (χ0n) is 11.7. The number of nitrogens with two attached hydrogens (primary N) is 1. The molecule has 1 saturated heterocycles. The molecule has 5 heteroatoms. The average molecular weight is 253 g/mol. The van der Waals surface area contributed by atoms with Gasteiger partial charge in [0.15, 0.2) is 5.96 Å². The largest absolute Gasteiger partial charge is 0.370 e. The number of piperidine rings is 1. The Hall–Kier alpha value is -1.07. The van der Waals surface area contributed by atoms with Crippen LogP contribution in [-0.4, -0.2) is 68.6 Å². The Balaban J connectivity index is 2.16. The monoisotopic (exact) mass is 253 g/mol. The first-order valence-electron chi connectivity index (χ1n) is 6.67. The van der Waals surface area contributed by atoms with Crippen LogP contribution in [0.4, 0.5) is 0 Å². The van der Waals surface area contributed by atoms with Crippen molar-refractivity contribution in [1.29, 1.82) is 0 Å². The van der Waals surface area contributed by atoms with Crippen molar-refractivity contribution < 1.29 is 0 Å². The molecule has 1 aliphatic rings. The Morgan fingerprint density at radius 3 is 2.72 bits per heavy atom. The molecule has 0 saturated carbocycles. The summed E-state index contributed by atoms with van der Waals surface area (Å²) >= 11 is 0. The summed E-state index contributed by atoms with van der Waals surface area (Å²) in [5.74, 6) is 0.512. The topological polar surface area (TPSA) is 56.9 Å². The van der Waals surface area contributed by atoms with Crippen LogP contribution in [0.2, 0.25) is 0 Å². The number of rotatable bonds is 6. The molecule has 1 aliphatic heterocycles. The minimum atomic E-state index is 0.512. The van der Waals surface area contributed by atoms with Crippen LogP contribution >= 0.6 is 0 Å². The van der Waals surface area contributed by atoms with Crippen molar-refractivity contribution in [2.24, 2.45) is 10.7 Å². The van der Waals surface area contributed by atoms with Crippen LogP contribution in [0.3, 0.4) is 0 Å². The van der Waals surface area contributed by atoms with Crippen LogP contribution in [0.5, 0.6) is 0 Å². The van der Waals surface area contributed by atoms with Gasteiger partial charge >= 0.3 is 0 Å². The maximum Gasteiger partial charge on any atom is 0.188 e. The minimum absolute atomic E-state index is 0.512. The summed E-state index contributed by atoms with van der Waals surface area (Å²) < 4.78 is 0. The molecule has 0 atom stereocenters. The zero-order chi connectivity index (χ0) is 13.4. The van der Waals surface area contributed by atoms with E-state index in [-0.39, 0.29) is 0 Å². The number of likely N-dealkylation sites (tertiary alicyclic amines) is 1. The molecule has 0 unspecified atom stereocenters. The lowest BCUT2D eigenvalue weighted by Crippen LogP contribution is -2.43. The first-order valence-corrected chi connectivity index (χ1v) is 6.67. The molecule has 104 valence electrons. The Morgan fingerprint density at radius 2 is 2.17 bits per heavy atom. The summed E-state index contributed by atoms with van der Waals surface area (Å²) in [6, 6.07) is 0.740. The Labute approximate surface area is 111 Å². The van der Waals surface area contributed by atoms with Gasteiger partial charge in [-0.3, -0.25) is 4.99 Å². The lowest BCUT2D eigenvalue weighted by atomic mass is 10.0. The van der Waals surface area contributed by atoms with E-state index in [1.807, 2.05) is 0 Å². The molecule has 3 N–H and O–H groups in total. The fraction of sp³-hybridized carbons (Fsp3) is 0.769. The van der Waals surface area contributed by atoms with Crippen LogP contribution < -0.4 is 11.1 Å². The van der Waals surface area contributed by atoms with Gasteiger partial charge in [0, 0.05) is 19.1 Å². The number of hydrogen-bond donors (Lipinski definition) is 2. The van der Waals surface area contributed by atoms with Gasteiger partial charge in [-0.15, -0.1) is 6.58 Å². The van der Waals surface area contributed by atoms with E-state index in [2.05, 4.69) is 40.8 Å². The van der Waals surface area contributed by atoms with E-state index in [0.717, 1.165) is 19.1 Å². The van der Waals surface area contributed by atoms with Crippen molar-refractivity contribution >= 4 is 5.96 Å². The number of hydrogen-bond acceptors (Lipinski definition) is 3. The third kappa shape index (κ3) is 5.51. The van der Waals surface area contributed by atoms with Crippen molar-refractivity contribution in [1.82, 2.24) is 15.1 Å². The third-order valence-corrected chi connectivity index (χ3v) is 3.41. The molecule has 0 aromatic rings. The van der Waals surface area contributed by atoms with Gasteiger partial charge in [0.05, 0.1) is 6.54 Å². The fourth-order valence-corrected chi connectivity index (χ4v) is 2.20. The zero-order valence-corrected chi connectivity index (χ0v) is 11.7. The van der Waals surface area contributed by atoms with Crippen molar-refractivity contribution in [3.63, 3.8) is 0 Å². The fourth-order valence-electron chi connectivity index (χ4n) is 2.20. The standard InChI is InChI=1S/C13H27N5/c1-4-7-15-13(14)16-8-11-18-9-5-12(6-10-18)17(2)3/h4,12H,1,5-11H2,2-3H3,(H3,14,15,16). The van der Waals surface area contributed by atoms with Gasteiger partial charge in [-0.1, -0.05) is 6.08 Å². The van der Waals surface area contributed by atoms with Crippen LogP contribution in [-0.2, 0) is 0 Å². The van der Waals surface area contributed by atoms with E-state index in [1.54, 1.807) is 6.08 Å². The molecule has 0 amide bonds. The normalized spacial score (nSPS) is 19.2. The quantitative estimate of drug-likeness (QED) is 0.400. The highest BCUT2D eigenvalue weighted by Gasteiger charge is 2.19. The van der Waals surface area contributed by atoms with Crippen LogP contribution in [0.25, 0.3) is 0 Å². The third-order valence-electron chi connectivity index (χ3n) is 3.41. The van der Waals surface area contributed by atoms with Gasteiger partial charge in [-0.05, 0) is 40.0 Å². The van der Waals surface area contributed by atoms with E-state index in [1.165, 1.54) is 25.9 Å². The number of nitrogens with one attached hydrogen (secondary N) is 1. The SMILES string of the molecule is C=CCNC(N)=NCCN1CCC(N(C)C)CC1. The molecule has 0 spiro atoms. The molecule has 0 aliphatic carbocycles. The summed E-state index contributed by atoms with van der Waals surface area (Å²) in [6.07, 6.45) is 4.27. The van der Waals surface area contributed by atoms with Gasteiger partial charge in [0.1, 0.15) is 0 Å². The van der Waals surface area contributed by atoms with Crippen molar-refractivity contribution in [3.8, 4) is 0 Å². The van der Waals surface area contributed by atoms with Crippen molar-refractivity contribution in [3.05, 3.63) is 12.7 Å². The van der Waals surface area contributed by atoms with Gasteiger partial charge in [0.25, 0.3) is 0 Å². The Morgan fingerprint density at radius 1 is 1.50 bits per heavy atom. The van der Waals surface area contributed by atoms with Crippen molar-refractivity contribution in [2.75, 3.05) is 46.8 Å². The lowest BCUT2D eigenvalue weighted by molar-refractivity contribution is 0.148. The molecule has 18 heavy (non-hydrogen) atoms.